The smallest absolute Gasteiger partial charge is 0.0449 e. The molecule has 0 nitrogen and oxygen atoms in total. The summed E-state index contributed by atoms with van der Waals surface area (Å²) in [5.74, 6) is 0. The second kappa shape index (κ2) is 12.3. The van der Waals surface area contributed by atoms with Gasteiger partial charge in [-0.1, -0.05) is 52.4 Å². The Morgan fingerprint density at radius 3 is 1.41 bits per heavy atom. The highest BCUT2D eigenvalue weighted by Crippen LogP contribution is 2.42. The molecule has 0 bridgehead atoms. The highest BCUT2D eigenvalue weighted by atomic mass is 32.1. The monoisotopic (exact) mass is 498 g/mol. The summed E-state index contributed by atoms with van der Waals surface area (Å²) in [4.78, 5) is 8.65. The van der Waals surface area contributed by atoms with E-state index in [1.165, 1.54) is 105 Å². The van der Waals surface area contributed by atoms with Gasteiger partial charge in [0.2, 0.25) is 0 Å². The van der Waals surface area contributed by atoms with Crippen LogP contribution in [-0.2, 0) is 12.8 Å². The first kappa shape index (κ1) is 23.9. The summed E-state index contributed by atoms with van der Waals surface area (Å²) < 4.78 is 0. The molecule has 0 radical (unpaired) electrons. The summed E-state index contributed by atoms with van der Waals surface area (Å²) in [5, 5.41) is 4.69. The van der Waals surface area contributed by atoms with E-state index in [-0.39, 0.29) is 0 Å². The van der Waals surface area contributed by atoms with Crippen molar-refractivity contribution in [3.8, 4) is 30.6 Å². The Morgan fingerprint density at radius 1 is 0.531 bits per heavy atom. The van der Waals surface area contributed by atoms with Crippen LogP contribution in [-0.4, -0.2) is 0 Å². The third-order valence-corrected chi connectivity index (χ3v) is 10.3. The first-order valence-corrected chi connectivity index (χ1v) is 15.5. The first-order chi connectivity index (χ1) is 15.8. The molecule has 0 N–H and O–H groups in total. The quantitative estimate of drug-likeness (QED) is 0.161. The Morgan fingerprint density at radius 2 is 0.969 bits per heavy atom. The Kier molecular flexibility index (Phi) is 9.21. The van der Waals surface area contributed by atoms with Crippen LogP contribution in [0.25, 0.3) is 30.6 Å². The number of unbranched alkanes of at least 4 members (excludes halogenated alkanes) is 6. The van der Waals surface area contributed by atoms with Crippen LogP contribution in [0.15, 0.2) is 47.2 Å². The molecule has 170 valence electrons. The number of rotatable bonds is 13. The van der Waals surface area contributed by atoms with Crippen LogP contribution < -0.4 is 0 Å². The van der Waals surface area contributed by atoms with Gasteiger partial charge in [-0.3, -0.25) is 0 Å². The lowest BCUT2D eigenvalue weighted by Gasteiger charge is -1.96. The molecular formula is C28H34S4. The minimum absolute atomic E-state index is 1.23. The number of hydrogen-bond donors (Lipinski definition) is 0. The van der Waals surface area contributed by atoms with E-state index in [4.69, 9.17) is 0 Å². The van der Waals surface area contributed by atoms with Crippen LogP contribution >= 0.6 is 45.3 Å². The fraction of sp³-hybridized carbons (Fsp3) is 0.429. The standard InChI is InChI=1S/C28H34S4/c1-3-5-7-9-11-23-17-21(19-29-23)25-13-15-27(31-25)28-16-14-26(32-28)22-18-24(30-20-22)12-10-8-6-4-2/h13-20H,3-12H2,1-2H3. The predicted molar refractivity (Wildman–Crippen MR) is 150 cm³/mol. The van der Waals surface area contributed by atoms with Crippen LogP contribution in [0.4, 0.5) is 0 Å². The van der Waals surface area contributed by atoms with E-state index in [1.807, 2.05) is 45.3 Å². The maximum Gasteiger partial charge on any atom is 0.0449 e. The normalized spacial score (nSPS) is 11.4. The van der Waals surface area contributed by atoms with E-state index in [1.54, 1.807) is 0 Å². The molecule has 0 aromatic carbocycles. The minimum atomic E-state index is 1.23. The van der Waals surface area contributed by atoms with Crippen LogP contribution in [0.3, 0.4) is 0 Å². The average Bonchev–Trinajstić information content (AvgIpc) is 3.60. The second-order valence-electron chi connectivity index (χ2n) is 8.55. The van der Waals surface area contributed by atoms with Gasteiger partial charge in [0.1, 0.15) is 0 Å². The number of thiophene rings is 4. The van der Waals surface area contributed by atoms with Gasteiger partial charge < -0.3 is 0 Å². The summed E-state index contributed by atoms with van der Waals surface area (Å²) in [5.41, 5.74) is 2.80. The van der Waals surface area contributed by atoms with E-state index in [0.717, 1.165) is 0 Å². The van der Waals surface area contributed by atoms with Gasteiger partial charge in [0.15, 0.2) is 0 Å². The van der Waals surface area contributed by atoms with E-state index >= 15 is 0 Å². The highest BCUT2D eigenvalue weighted by molar-refractivity contribution is 7.25. The van der Waals surface area contributed by atoms with Crippen LogP contribution in [0.5, 0.6) is 0 Å². The molecule has 0 fully saturated rings. The molecule has 0 aliphatic carbocycles. The SMILES string of the molecule is CCCCCCc1cc(-c2ccc(-c3ccc(-c4csc(CCCCCC)c4)s3)s2)cs1. The van der Waals surface area contributed by atoms with Gasteiger partial charge in [0, 0.05) is 40.4 Å². The molecule has 4 aromatic heterocycles. The van der Waals surface area contributed by atoms with Crippen molar-refractivity contribution in [3.05, 3.63) is 56.9 Å². The lowest BCUT2D eigenvalue weighted by atomic mass is 10.1. The van der Waals surface area contributed by atoms with E-state index in [2.05, 4.69) is 61.0 Å². The lowest BCUT2D eigenvalue weighted by molar-refractivity contribution is 0.670. The molecular weight excluding hydrogens is 465 g/mol. The summed E-state index contributed by atoms with van der Waals surface area (Å²) in [6.07, 6.45) is 13.2. The largest absolute Gasteiger partial charge is 0.148 e. The maximum absolute atomic E-state index is 2.42. The predicted octanol–water partition coefficient (Wildman–Crippen LogP) is 11.2. The number of aryl methyl sites for hydroxylation is 2. The van der Waals surface area contributed by atoms with Crippen LogP contribution in [0.2, 0.25) is 0 Å². The zero-order valence-electron chi connectivity index (χ0n) is 19.3. The van der Waals surface area contributed by atoms with Crippen molar-refractivity contribution in [2.75, 3.05) is 0 Å². The van der Waals surface area contributed by atoms with Gasteiger partial charge in [-0.25, -0.2) is 0 Å². The Labute approximate surface area is 210 Å². The maximum atomic E-state index is 2.42. The Balaban J connectivity index is 1.37. The van der Waals surface area contributed by atoms with E-state index in [9.17, 15) is 0 Å². The molecule has 0 saturated carbocycles. The van der Waals surface area contributed by atoms with Crippen molar-refractivity contribution in [1.82, 2.24) is 0 Å². The topological polar surface area (TPSA) is 0 Å². The fourth-order valence-electron chi connectivity index (χ4n) is 3.98. The number of hydrogen-bond acceptors (Lipinski definition) is 4. The molecule has 0 aliphatic heterocycles. The van der Waals surface area contributed by atoms with Crippen LogP contribution in [0, 0.1) is 0 Å². The molecule has 0 unspecified atom stereocenters. The third-order valence-electron chi connectivity index (χ3n) is 5.88. The first-order valence-electron chi connectivity index (χ1n) is 12.1. The van der Waals surface area contributed by atoms with Gasteiger partial charge in [0.05, 0.1) is 0 Å². The molecule has 0 saturated heterocycles. The van der Waals surface area contributed by atoms with Crippen molar-refractivity contribution in [2.24, 2.45) is 0 Å². The molecule has 4 heterocycles. The van der Waals surface area contributed by atoms with Crippen molar-refractivity contribution >= 4 is 45.3 Å². The molecule has 4 aromatic rings. The summed E-state index contributed by atoms with van der Waals surface area (Å²) >= 11 is 7.73. The Hall–Kier alpha value is -1.20. The molecule has 0 amide bonds. The van der Waals surface area contributed by atoms with Gasteiger partial charge in [-0.15, -0.1) is 45.3 Å². The molecule has 32 heavy (non-hydrogen) atoms. The van der Waals surface area contributed by atoms with Gasteiger partial charge in [-0.05, 0) is 72.8 Å². The summed E-state index contributed by atoms with van der Waals surface area (Å²) in [6.45, 7) is 4.56. The third kappa shape index (κ3) is 6.44. The van der Waals surface area contributed by atoms with Gasteiger partial charge in [0.25, 0.3) is 0 Å². The molecule has 4 heteroatoms. The van der Waals surface area contributed by atoms with Crippen LogP contribution in [0.1, 0.15) is 75.0 Å². The fourth-order valence-corrected chi connectivity index (χ4v) is 8.07. The summed E-state index contributed by atoms with van der Waals surface area (Å²) in [6, 6.07) is 14.1. The van der Waals surface area contributed by atoms with Crippen molar-refractivity contribution in [2.45, 2.75) is 78.1 Å². The molecule has 4 rings (SSSR count). The minimum Gasteiger partial charge on any atom is -0.148 e. The average molecular weight is 499 g/mol. The lowest BCUT2D eigenvalue weighted by Crippen LogP contribution is -1.80. The zero-order chi connectivity index (χ0) is 22.2. The summed E-state index contributed by atoms with van der Waals surface area (Å²) in [7, 11) is 0. The Bertz CT molecular complexity index is 988. The van der Waals surface area contributed by atoms with Gasteiger partial charge in [-0.2, -0.15) is 0 Å². The van der Waals surface area contributed by atoms with E-state index in [0.29, 0.717) is 0 Å². The van der Waals surface area contributed by atoms with Crippen molar-refractivity contribution < 1.29 is 0 Å². The second-order valence-corrected chi connectivity index (χ2v) is 12.7. The molecule has 0 spiro atoms. The van der Waals surface area contributed by atoms with Crippen molar-refractivity contribution in [3.63, 3.8) is 0 Å². The highest BCUT2D eigenvalue weighted by Gasteiger charge is 2.11. The molecule has 0 atom stereocenters. The zero-order valence-corrected chi connectivity index (χ0v) is 22.6. The van der Waals surface area contributed by atoms with E-state index < -0.39 is 0 Å². The molecule has 0 aliphatic rings. The van der Waals surface area contributed by atoms with Crippen molar-refractivity contribution in [1.29, 1.82) is 0 Å². The van der Waals surface area contributed by atoms with Gasteiger partial charge >= 0.3 is 0 Å².